The van der Waals surface area contributed by atoms with Crippen LogP contribution in [0.1, 0.15) is 47.5 Å². The zero-order valence-corrected chi connectivity index (χ0v) is 13.9. The Morgan fingerprint density at radius 2 is 1.91 bits per heavy atom. The van der Waals surface area contributed by atoms with Crippen LogP contribution in [0.5, 0.6) is 0 Å². The Morgan fingerprint density at radius 1 is 1.27 bits per heavy atom. The minimum absolute atomic E-state index is 0.216. The predicted octanol–water partition coefficient (Wildman–Crippen LogP) is 2.15. The molecule has 0 aromatic carbocycles. The molecule has 22 heavy (non-hydrogen) atoms. The Hall–Kier alpha value is -1.89. The Labute approximate surface area is 133 Å². The summed E-state index contributed by atoms with van der Waals surface area (Å²) in [6, 6.07) is 0.216. The molecule has 1 heterocycles. The van der Waals surface area contributed by atoms with E-state index >= 15 is 0 Å². The number of rotatable bonds is 5. The van der Waals surface area contributed by atoms with Gasteiger partial charge in [0.15, 0.2) is 6.10 Å². The molecule has 1 aliphatic carbocycles. The molecule has 0 bridgehead atoms. The number of nitrogens with one attached hydrogen (secondary N) is 2. The number of carbonyl (C=O) groups excluding carboxylic acids is 3. The van der Waals surface area contributed by atoms with Gasteiger partial charge in [0.2, 0.25) is 5.91 Å². The van der Waals surface area contributed by atoms with E-state index in [1.54, 1.807) is 13.8 Å². The number of anilines is 1. The normalized spacial score (nSPS) is 15.1. The number of carbonyl (C=O) groups is 3. The van der Waals surface area contributed by atoms with Crippen molar-refractivity contribution in [2.45, 2.75) is 52.7 Å². The molecular formula is C15H20N2O4S. The maximum atomic E-state index is 12.4. The zero-order valence-electron chi connectivity index (χ0n) is 13.1. The van der Waals surface area contributed by atoms with Crippen LogP contribution in [0, 0.1) is 13.8 Å². The first-order valence-electron chi connectivity index (χ1n) is 7.18. The van der Waals surface area contributed by atoms with E-state index in [-0.39, 0.29) is 17.9 Å². The minimum atomic E-state index is -0.863. The van der Waals surface area contributed by atoms with Gasteiger partial charge in [-0.2, -0.15) is 0 Å². The minimum Gasteiger partial charge on any atom is -0.449 e. The molecule has 1 aromatic heterocycles. The maximum Gasteiger partial charge on any atom is 0.342 e. The fourth-order valence-corrected chi connectivity index (χ4v) is 3.03. The Morgan fingerprint density at radius 3 is 2.45 bits per heavy atom. The van der Waals surface area contributed by atoms with E-state index in [2.05, 4.69) is 10.6 Å². The summed E-state index contributed by atoms with van der Waals surface area (Å²) in [7, 11) is 0. The van der Waals surface area contributed by atoms with Crippen LogP contribution < -0.4 is 10.6 Å². The van der Waals surface area contributed by atoms with E-state index in [0.717, 1.165) is 23.3 Å². The smallest absolute Gasteiger partial charge is 0.342 e. The number of hydrogen-bond acceptors (Lipinski definition) is 5. The number of esters is 1. The van der Waals surface area contributed by atoms with Crippen molar-refractivity contribution in [1.29, 1.82) is 0 Å². The molecule has 1 atom stereocenters. The first-order valence-corrected chi connectivity index (χ1v) is 8.00. The highest BCUT2D eigenvalue weighted by atomic mass is 32.1. The summed E-state index contributed by atoms with van der Waals surface area (Å²) in [5, 5.41) is 5.89. The largest absolute Gasteiger partial charge is 0.449 e. The van der Waals surface area contributed by atoms with E-state index in [1.165, 1.54) is 18.3 Å². The van der Waals surface area contributed by atoms with Gasteiger partial charge in [0.25, 0.3) is 5.91 Å². The molecule has 0 spiro atoms. The van der Waals surface area contributed by atoms with Gasteiger partial charge in [-0.3, -0.25) is 9.59 Å². The van der Waals surface area contributed by atoms with Gasteiger partial charge in [-0.25, -0.2) is 4.79 Å². The Bertz CT molecular complexity index is 619. The van der Waals surface area contributed by atoms with Crippen LogP contribution in [0.3, 0.4) is 0 Å². The van der Waals surface area contributed by atoms with Crippen LogP contribution in [0.15, 0.2) is 0 Å². The molecule has 0 radical (unpaired) electrons. The van der Waals surface area contributed by atoms with Gasteiger partial charge >= 0.3 is 5.97 Å². The average Bonchev–Trinajstić information content (AvgIpc) is 3.16. The second kappa shape index (κ2) is 6.48. The number of ether oxygens (including phenoxy) is 1. The summed E-state index contributed by atoms with van der Waals surface area (Å²) < 4.78 is 5.25. The van der Waals surface area contributed by atoms with E-state index < -0.39 is 12.1 Å². The number of aryl methyl sites for hydroxylation is 1. The molecule has 0 saturated heterocycles. The van der Waals surface area contributed by atoms with Crippen molar-refractivity contribution in [2.24, 2.45) is 0 Å². The van der Waals surface area contributed by atoms with Gasteiger partial charge in [0.05, 0.1) is 5.56 Å². The second-order valence-electron chi connectivity index (χ2n) is 5.50. The third-order valence-electron chi connectivity index (χ3n) is 3.46. The lowest BCUT2D eigenvalue weighted by Crippen LogP contribution is -2.37. The lowest BCUT2D eigenvalue weighted by Gasteiger charge is -2.14. The third-order valence-corrected chi connectivity index (χ3v) is 4.58. The van der Waals surface area contributed by atoms with Gasteiger partial charge < -0.3 is 15.4 Å². The van der Waals surface area contributed by atoms with E-state index in [4.69, 9.17) is 4.74 Å². The van der Waals surface area contributed by atoms with E-state index in [9.17, 15) is 14.4 Å². The number of hydrogen-bond donors (Lipinski definition) is 2. The van der Waals surface area contributed by atoms with Crippen molar-refractivity contribution in [3.8, 4) is 0 Å². The number of amides is 2. The van der Waals surface area contributed by atoms with Crippen LogP contribution in [0.2, 0.25) is 0 Å². The van der Waals surface area contributed by atoms with Gasteiger partial charge in [-0.05, 0) is 39.2 Å². The SMILES string of the molecule is CC(=O)Nc1sc(C)c(C)c1C(=O)O[C@@H](C)C(=O)NC1CC1. The first kappa shape index (κ1) is 16.5. The zero-order chi connectivity index (χ0) is 16.4. The molecular weight excluding hydrogens is 304 g/mol. The summed E-state index contributed by atoms with van der Waals surface area (Å²) >= 11 is 1.32. The van der Waals surface area contributed by atoms with E-state index in [1.807, 2.05) is 6.92 Å². The van der Waals surface area contributed by atoms with Gasteiger partial charge in [-0.1, -0.05) is 0 Å². The van der Waals surface area contributed by atoms with Crippen molar-refractivity contribution in [3.05, 3.63) is 16.0 Å². The molecule has 7 heteroatoms. The fraction of sp³-hybridized carbons (Fsp3) is 0.533. The lowest BCUT2D eigenvalue weighted by atomic mass is 10.1. The van der Waals surface area contributed by atoms with Crippen molar-refractivity contribution >= 4 is 34.1 Å². The monoisotopic (exact) mass is 324 g/mol. The topological polar surface area (TPSA) is 84.5 Å². The predicted molar refractivity (Wildman–Crippen MR) is 84.1 cm³/mol. The summed E-state index contributed by atoms with van der Waals surface area (Å²) in [5.41, 5.74) is 1.08. The third kappa shape index (κ3) is 3.85. The van der Waals surface area contributed by atoms with Gasteiger partial charge in [0, 0.05) is 17.8 Å². The van der Waals surface area contributed by atoms with Gasteiger partial charge in [-0.15, -0.1) is 11.3 Å². The molecule has 2 N–H and O–H groups in total. The van der Waals surface area contributed by atoms with Crippen LogP contribution in [0.4, 0.5) is 5.00 Å². The molecule has 120 valence electrons. The Balaban J connectivity index is 2.10. The molecule has 1 saturated carbocycles. The molecule has 0 unspecified atom stereocenters. The summed E-state index contributed by atoms with van der Waals surface area (Å²) in [6.45, 7) is 6.58. The molecule has 6 nitrogen and oxygen atoms in total. The summed E-state index contributed by atoms with van der Waals surface area (Å²) in [5.74, 6) is -1.14. The van der Waals surface area contributed by atoms with Crippen molar-refractivity contribution < 1.29 is 19.1 Å². The lowest BCUT2D eigenvalue weighted by molar-refractivity contribution is -0.129. The van der Waals surface area contributed by atoms with Crippen LogP contribution in [-0.4, -0.2) is 29.9 Å². The highest BCUT2D eigenvalue weighted by Gasteiger charge is 2.29. The van der Waals surface area contributed by atoms with Crippen LogP contribution in [-0.2, 0) is 14.3 Å². The standard InChI is InChI=1S/C15H20N2O4S/c1-7-9(3)22-14(16-10(4)18)12(7)15(20)21-8(2)13(19)17-11-5-6-11/h8,11H,5-6H2,1-4H3,(H,16,18)(H,17,19)/t8-/m0/s1. The summed E-state index contributed by atoms with van der Waals surface area (Å²) in [4.78, 5) is 36.4. The summed E-state index contributed by atoms with van der Waals surface area (Å²) in [6.07, 6.45) is 1.09. The van der Waals surface area contributed by atoms with Crippen LogP contribution in [0.25, 0.3) is 0 Å². The van der Waals surface area contributed by atoms with Crippen molar-refractivity contribution in [1.82, 2.24) is 5.32 Å². The quantitative estimate of drug-likeness (QED) is 0.813. The van der Waals surface area contributed by atoms with Crippen molar-refractivity contribution in [2.75, 3.05) is 5.32 Å². The van der Waals surface area contributed by atoms with E-state index in [0.29, 0.717) is 10.6 Å². The molecule has 1 aliphatic rings. The molecule has 1 fully saturated rings. The van der Waals surface area contributed by atoms with Crippen LogP contribution >= 0.6 is 11.3 Å². The van der Waals surface area contributed by atoms with Gasteiger partial charge in [0.1, 0.15) is 5.00 Å². The maximum absolute atomic E-state index is 12.4. The highest BCUT2D eigenvalue weighted by Crippen LogP contribution is 2.33. The first-order chi connectivity index (χ1) is 10.3. The molecule has 0 aliphatic heterocycles. The highest BCUT2D eigenvalue weighted by molar-refractivity contribution is 7.16. The average molecular weight is 324 g/mol. The molecule has 2 rings (SSSR count). The Kier molecular flexibility index (Phi) is 4.85. The number of thiophene rings is 1. The van der Waals surface area contributed by atoms with Crippen molar-refractivity contribution in [3.63, 3.8) is 0 Å². The fourth-order valence-electron chi connectivity index (χ4n) is 1.94. The molecule has 2 amide bonds. The molecule has 1 aromatic rings. The second-order valence-corrected chi connectivity index (χ2v) is 6.72.